The Morgan fingerprint density at radius 1 is 0.931 bits per heavy atom. The Kier molecular flexibility index (Phi) is 6.83. The van der Waals surface area contributed by atoms with Gasteiger partial charge in [-0.15, -0.1) is 0 Å². The first kappa shape index (κ1) is 22.2. The van der Waals surface area contributed by atoms with Gasteiger partial charge < -0.3 is 14.8 Å². The van der Waals surface area contributed by atoms with Crippen molar-refractivity contribution in [1.29, 1.82) is 0 Å². The molecule has 0 saturated carbocycles. The summed E-state index contributed by atoms with van der Waals surface area (Å²) in [5.41, 5.74) is 0.143. The lowest BCUT2D eigenvalue weighted by Gasteiger charge is -2.13. The quantitative estimate of drug-likeness (QED) is 0.660. The van der Waals surface area contributed by atoms with E-state index in [-0.39, 0.29) is 33.1 Å². The van der Waals surface area contributed by atoms with E-state index in [0.29, 0.717) is 0 Å². The van der Waals surface area contributed by atoms with Crippen molar-refractivity contribution in [3.63, 3.8) is 0 Å². The molecule has 0 aromatic heterocycles. The molecule has 0 unspecified atom stereocenters. The minimum absolute atomic E-state index is 0.00459. The fourth-order valence-corrected chi connectivity index (χ4v) is 3.11. The Labute approximate surface area is 172 Å². The molecule has 0 radical (unpaired) electrons. The number of sulfonamides is 1. The summed E-state index contributed by atoms with van der Waals surface area (Å²) in [5.74, 6) is -2.15. The molecule has 0 aliphatic heterocycles. The topological polar surface area (TPSA) is 128 Å². The number of benzene rings is 2. The van der Waals surface area contributed by atoms with E-state index in [9.17, 15) is 22.8 Å². The first-order valence-electron chi connectivity index (χ1n) is 7.95. The molecule has 2 aromatic rings. The number of esters is 2. The zero-order valence-corrected chi connectivity index (χ0v) is 17.2. The molecule has 9 nitrogen and oxygen atoms in total. The largest absolute Gasteiger partial charge is 0.465 e. The number of hydrogen-bond acceptors (Lipinski definition) is 7. The van der Waals surface area contributed by atoms with Gasteiger partial charge in [0.25, 0.3) is 5.91 Å². The molecule has 29 heavy (non-hydrogen) atoms. The summed E-state index contributed by atoms with van der Waals surface area (Å²) in [6.45, 7) is 0. The number of carbonyl (C=O) groups is 3. The van der Waals surface area contributed by atoms with Gasteiger partial charge in [-0.25, -0.2) is 18.0 Å². The van der Waals surface area contributed by atoms with Crippen molar-refractivity contribution in [3.05, 3.63) is 58.1 Å². The molecule has 0 aliphatic rings. The van der Waals surface area contributed by atoms with Gasteiger partial charge in [0.2, 0.25) is 10.0 Å². The Morgan fingerprint density at radius 2 is 1.59 bits per heavy atom. The van der Waals surface area contributed by atoms with Gasteiger partial charge >= 0.3 is 11.9 Å². The summed E-state index contributed by atoms with van der Waals surface area (Å²) in [5, 5.41) is 2.53. The highest BCUT2D eigenvalue weighted by Crippen LogP contribution is 2.25. The van der Waals surface area contributed by atoms with E-state index in [0.717, 1.165) is 6.26 Å². The van der Waals surface area contributed by atoms with Crippen LogP contribution in [0.2, 0.25) is 5.02 Å². The van der Waals surface area contributed by atoms with Gasteiger partial charge in [-0.3, -0.25) is 9.52 Å². The first-order valence-corrected chi connectivity index (χ1v) is 10.2. The van der Waals surface area contributed by atoms with Crippen molar-refractivity contribution in [2.24, 2.45) is 0 Å². The van der Waals surface area contributed by atoms with Crippen LogP contribution in [-0.4, -0.2) is 46.7 Å². The number of halogens is 1. The molecule has 0 saturated heterocycles. The molecular formula is C18H17ClN2O7S. The zero-order valence-electron chi connectivity index (χ0n) is 15.6. The van der Waals surface area contributed by atoms with E-state index in [4.69, 9.17) is 11.6 Å². The maximum atomic E-state index is 12.7. The van der Waals surface area contributed by atoms with Crippen LogP contribution in [0.1, 0.15) is 31.1 Å². The summed E-state index contributed by atoms with van der Waals surface area (Å²) in [6, 6.07) is 7.87. The minimum atomic E-state index is -3.57. The second kappa shape index (κ2) is 8.93. The zero-order chi connectivity index (χ0) is 21.8. The summed E-state index contributed by atoms with van der Waals surface area (Å²) < 4.78 is 34.4. The van der Waals surface area contributed by atoms with Crippen LogP contribution >= 0.6 is 11.6 Å². The average molecular weight is 441 g/mol. The lowest BCUT2D eigenvalue weighted by Crippen LogP contribution is -2.17. The van der Waals surface area contributed by atoms with Gasteiger partial charge in [-0.2, -0.15) is 0 Å². The Hall–Kier alpha value is -3.11. The number of ether oxygens (including phenoxy) is 2. The third kappa shape index (κ3) is 5.69. The van der Waals surface area contributed by atoms with Crippen LogP contribution in [0.25, 0.3) is 0 Å². The highest BCUT2D eigenvalue weighted by Gasteiger charge is 2.19. The smallest absolute Gasteiger partial charge is 0.339 e. The van der Waals surface area contributed by atoms with Crippen molar-refractivity contribution in [2.75, 3.05) is 30.5 Å². The van der Waals surface area contributed by atoms with Crippen LogP contribution in [0.5, 0.6) is 0 Å². The van der Waals surface area contributed by atoms with Crippen molar-refractivity contribution in [1.82, 2.24) is 0 Å². The molecule has 0 heterocycles. The third-order valence-corrected chi connectivity index (χ3v) is 4.54. The van der Waals surface area contributed by atoms with E-state index in [1.165, 1.54) is 50.6 Å². The predicted molar refractivity (Wildman–Crippen MR) is 107 cm³/mol. The second-order valence-corrected chi connectivity index (χ2v) is 7.92. The van der Waals surface area contributed by atoms with Crippen LogP contribution in [0.3, 0.4) is 0 Å². The molecule has 1 amide bonds. The highest BCUT2D eigenvalue weighted by molar-refractivity contribution is 7.92. The maximum Gasteiger partial charge on any atom is 0.339 e. The number of rotatable bonds is 6. The Bertz CT molecular complexity index is 1080. The molecular weight excluding hydrogens is 424 g/mol. The van der Waals surface area contributed by atoms with Crippen molar-refractivity contribution in [2.45, 2.75) is 0 Å². The van der Waals surface area contributed by atoms with E-state index >= 15 is 0 Å². The number of anilines is 2. The predicted octanol–water partition coefficient (Wildman–Crippen LogP) is 2.54. The van der Waals surface area contributed by atoms with Crippen LogP contribution in [0.15, 0.2) is 36.4 Å². The Balaban J connectivity index is 2.44. The third-order valence-electron chi connectivity index (χ3n) is 3.61. The summed E-state index contributed by atoms with van der Waals surface area (Å²) in [6.07, 6.45) is 0.961. The van der Waals surface area contributed by atoms with E-state index in [1.54, 1.807) is 0 Å². The van der Waals surface area contributed by atoms with Gasteiger partial charge in [0.05, 0.1) is 47.9 Å². The van der Waals surface area contributed by atoms with Crippen molar-refractivity contribution >= 4 is 50.8 Å². The van der Waals surface area contributed by atoms with Crippen molar-refractivity contribution in [3.8, 4) is 0 Å². The molecule has 2 aromatic carbocycles. The first-order chi connectivity index (χ1) is 13.6. The van der Waals surface area contributed by atoms with Gasteiger partial charge in [0.1, 0.15) is 0 Å². The monoisotopic (exact) mass is 440 g/mol. The number of carbonyl (C=O) groups excluding carboxylic acids is 3. The van der Waals surface area contributed by atoms with Crippen molar-refractivity contribution < 1.29 is 32.3 Å². The molecule has 0 fully saturated rings. The fraction of sp³-hybridized carbons (Fsp3) is 0.167. The van der Waals surface area contributed by atoms with Gasteiger partial charge in [-0.1, -0.05) is 11.6 Å². The van der Waals surface area contributed by atoms with E-state index in [2.05, 4.69) is 19.5 Å². The summed E-state index contributed by atoms with van der Waals surface area (Å²) in [7, 11) is -1.21. The highest BCUT2D eigenvalue weighted by atomic mass is 35.5. The summed E-state index contributed by atoms with van der Waals surface area (Å²) >= 11 is 6.06. The molecule has 0 atom stereocenters. The second-order valence-electron chi connectivity index (χ2n) is 5.77. The summed E-state index contributed by atoms with van der Waals surface area (Å²) in [4.78, 5) is 36.5. The number of hydrogen-bond donors (Lipinski definition) is 2. The van der Waals surface area contributed by atoms with Crippen LogP contribution in [0.4, 0.5) is 11.4 Å². The van der Waals surface area contributed by atoms with Crippen LogP contribution in [-0.2, 0) is 19.5 Å². The number of methoxy groups -OCH3 is 2. The van der Waals surface area contributed by atoms with E-state index < -0.39 is 27.9 Å². The molecule has 11 heteroatoms. The van der Waals surface area contributed by atoms with Crippen LogP contribution in [0, 0.1) is 0 Å². The van der Waals surface area contributed by atoms with Gasteiger partial charge in [0, 0.05) is 5.69 Å². The number of amides is 1. The van der Waals surface area contributed by atoms with Gasteiger partial charge in [0.15, 0.2) is 0 Å². The fourth-order valence-electron chi connectivity index (χ4n) is 2.35. The van der Waals surface area contributed by atoms with Gasteiger partial charge in [-0.05, 0) is 36.4 Å². The molecule has 0 bridgehead atoms. The standard InChI is InChI=1S/C18H17ClN2O7S/c1-27-17(23)10-4-6-12(18(24)28-2)15(8-10)20-16(22)13-9-11(5-7-14(13)19)21-29(3,25)26/h4-9,21H,1-3H3,(H,20,22). The molecule has 2 N–H and O–H groups in total. The van der Waals surface area contributed by atoms with E-state index in [1.807, 2.05) is 0 Å². The van der Waals surface area contributed by atoms with Crippen LogP contribution < -0.4 is 10.0 Å². The SMILES string of the molecule is COC(=O)c1ccc(C(=O)OC)c(NC(=O)c2cc(NS(C)(=O)=O)ccc2Cl)c1. The molecule has 2 rings (SSSR count). The lowest BCUT2D eigenvalue weighted by molar-refractivity contribution is 0.0587. The Morgan fingerprint density at radius 3 is 2.17 bits per heavy atom. The normalized spacial score (nSPS) is 10.8. The lowest BCUT2D eigenvalue weighted by atomic mass is 10.1. The molecule has 0 aliphatic carbocycles. The minimum Gasteiger partial charge on any atom is -0.465 e. The maximum absolute atomic E-state index is 12.7. The number of nitrogens with one attached hydrogen (secondary N) is 2. The molecule has 0 spiro atoms. The average Bonchev–Trinajstić information content (AvgIpc) is 2.67. The molecule has 154 valence electrons.